The van der Waals surface area contributed by atoms with Gasteiger partial charge in [-0.3, -0.25) is 4.79 Å². The Hall–Kier alpha value is -2.10. The van der Waals surface area contributed by atoms with Gasteiger partial charge in [-0.2, -0.15) is 13.2 Å². The number of carbonyl (C=O) groups excluding carboxylic acids is 1. The van der Waals surface area contributed by atoms with Crippen LogP contribution in [0.15, 0.2) is 24.4 Å². The lowest BCUT2D eigenvalue weighted by molar-refractivity contribution is -0.141. The molecule has 27 heavy (non-hydrogen) atoms. The van der Waals surface area contributed by atoms with Crippen molar-refractivity contribution in [1.82, 2.24) is 14.9 Å². The molecule has 6 nitrogen and oxygen atoms in total. The first-order valence-corrected chi connectivity index (χ1v) is 8.54. The number of benzene rings is 1. The van der Waals surface area contributed by atoms with Gasteiger partial charge in [0, 0.05) is 24.3 Å². The molecule has 1 aliphatic rings. The number of alkyl halides is 3. The Bertz CT molecular complexity index is 858. The van der Waals surface area contributed by atoms with Crippen LogP contribution in [-0.4, -0.2) is 47.1 Å². The van der Waals surface area contributed by atoms with Gasteiger partial charge in [-0.1, -0.05) is 23.2 Å². The summed E-state index contributed by atoms with van der Waals surface area (Å²) in [6.45, 7) is 0.935. The maximum Gasteiger partial charge on any atom is 0.434 e. The number of amides is 1. The van der Waals surface area contributed by atoms with Crippen molar-refractivity contribution in [1.29, 1.82) is 0 Å². The van der Waals surface area contributed by atoms with E-state index in [9.17, 15) is 18.0 Å². The van der Waals surface area contributed by atoms with Crippen molar-refractivity contribution in [3.05, 3.63) is 45.7 Å². The SMILES string of the molecule is O=C(c1cnc(Nc2cc(Cl)ccc2Cl)nc1C(F)(F)F)N1CCOCC1. The number of ether oxygens (including phenoxy) is 1. The summed E-state index contributed by atoms with van der Waals surface area (Å²) in [5.41, 5.74) is -1.70. The summed E-state index contributed by atoms with van der Waals surface area (Å²) in [4.78, 5) is 21.1. The molecule has 0 atom stereocenters. The summed E-state index contributed by atoms with van der Waals surface area (Å²) in [5, 5.41) is 3.15. The first-order valence-electron chi connectivity index (χ1n) is 7.79. The fourth-order valence-electron chi connectivity index (χ4n) is 2.47. The minimum absolute atomic E-state index is 0.203. The van der Waals surface area contributed by atoms with E-state index in [-0.39, 0.29) is 43.0 Å². The molecule has 0 aliphatic carbocycles. The van der Waals surface area contributed by atoms with Crippen LogP contribution in [0.5, 0.6) is 0 Å². The molecule has 2 aromatic rings. The van der Waals surface area contributed by atoms with Crippen molar-refractivity contribution >= 4 is 40.7 Å². The highest BCUT2D eigenvalue weighted by Gasteiger charge is 2.39. The molecule has 0 saturated carbocycles. The normalized spacial score (nSPS) is 14.9. The third-order valence-corrected chi connectivity index (χ3v) is 4.33. The third-order valence-electron chi connectivity index (χ3n) is 3.76. The number of aromatic nitrogens is 2. The molecule has 1 aromatic carbocycles. The molecule has 2 heterocycles. The molecule has 1 saturated heterocycles. The highest BCUT2D eigenvalue weighted by molar-refractivity contribution is 6.35. The van der Waals surface area contributed by atoms with Crippen molar-refractivity contribution in [2.24, 2.45) is 0 Å². The highest BCUT2D eigenvalue weighted by atomic mass is 35.5. The van der Waals surface area contributed by atoms with Crippen LogP contribution in [0.25, 0.3) is 0 Å². The predicted molar refractivity (Wildman–Crippen MR) is 93.5 cm³/mol. The first-order chi connectivity index (χ1) is 12.8. The molecule has 0 spiro atoms. The van der Waals surface area contributed by atoms with E-state index in [1.807, 2.05) is 0 Å². The largest absolute Gasteiger partial charge is 0.434 e. The van der Waals surface area contributed by atoms with E-state index in [0.29, 0.717) is 5.02 Å². The second-order valence-electron chi connectivity index (χ2n) is 5.61. The Kier molecular flexibility index (Phi) is 5.73. The van der Waals surface area contributed by atoms with Crippen molar-refractivity contribution in [2.45, 2.75) is 6.18 Å². The second kappa shape index (κ2) is 7.87. The molecule has 1 aromatic heterocycles. The van der Waals surface area contributed by atoms with Crippen LogP contribution < -0.4 is 5.32 Å². The van der Waals surface area contributed by atoms with E-state index in [1.165, 1.54) is 23.1 Å². The fraction of sp³-hybridized carbons (Fsp3) is 0.312. The highest BCUT2D eigenvalue weighted by Crippen LogP contribution is 2.33. The summed E-state index contributed by atoms with van der Waals surface area (Å²) < 4.78 is 45.5. The molecule has 0 bridgehead atoms. The predicted octanol–water partition coefficient (Wildman–Crippen LogP) is 4.02. The van der Waals surface area contributed by atoms with Gasteiger partial charge in [-0.05, 0) is 18.2 Å². The lowest BCUT2D eigenvalue weighted by Gasteiger charge is -2.27. The monoisotopic (exact) mass is 420 g/mol. The number of hydrogen-bond donors (Lipinski definition) is 1. The molecule has 1 aliphatic heterocycles. The maximum absolute atomic E-state index is 13.5. The Balaban J connectivity index is 1.94. The van der Waals surface area contributed by atoms with Gasteiger partial charge in [0.2, 0.25) is 5.95 Å². The maximum atomic E-state index is 13.5. The van der Waals surface area contributed by atoms with E-state index in [4.69, 9.17) is 27.9 Å². The van der Waals surface area contributed by atoms with E-state index in [1.54, 1.807) is 0 Å². The molecule has 3 rings (SSSR count). The molecule has 1 amide bonds. The van der Waals surface area contributed by atoms with Crippen molar-refractivity contribution in [2.75, 3.05) is 31.6 Å². The van der Waals surface area contributed by atoms with E-state index in [0.717, 1.165) is 6.20 Å². The van der Waals surface area contributed by atoms with Gasteiger partial charge in [-0.25, -0.2) is 9.97 Å². The van der Waals surface area contributed by atoms with Crippen molar-refractivity contribution in [3.8, 4) is 0 Å². The molecule has 1 N–H and O–H groups in total. The third kappa shape index (κ3) is 4.60. The number of halogens is 5. The summed E-state index contributed by atoms with van der Waals surface area (Å²) in [6, 6.07) is 4.43. The van der Waals surface area contributed by atoms with Crippen LogP contribution in [0, 0.1) is 0 Å². The Morgan fingerprint density at radius 2 is 1.93 bits per heavy atom. The molecular formula is C16H13Cl2F3N4O2. The van der Waals surface area contributed by atoms with Crippen LogP contribution >= 0.6 is 23.2 Å². The first kappa shape index (κ1) is 19.7. The van der Waals surface area contributed by atoms with Gasteiger partial charge in [0.15, 0.2) is 5.69 Å². The van der Waals surface area contributed by atoms with Crippen LogP contribution in [0.2, 0.25) is 10.0 Å². The Morgan fingerprint density at radius 3 is 2.59 bits per heavy atom. The number of nitrogens with zero attached hydrogens (tertiary/aromatic N) is 3. The van der Waals surface area contributed by atoms with E-state index < -0.39 is 23.3 Å². The topological polar surface area (TPSA) is 67.4 Å². The summed E-state index contributed by atoms with van der Waals surface area (Å²) in [5.74, 6) is -1.15. The summed E-state index contributed by atoms with van der Waals surface area (Å²) in [6.07, 6.45) is -3.98. The fourth-order valence-corrected chi connectivity index (χ4v) is 2.80. The molecular weight excluding hydrogens is 408 g/mol. The van der Waals surface area contributed by atoms with Crippen LogP contribution in [0.4, 0.5) is 24.8 Å². The number of morpholine rings is 1. The van der Waals surface area contributed by atoms with Gasteiger partial charge >= 0.3 is 6.18 Å². The number of anilines is 2. The van der Waals surface area contributed by atoms with E-state index >= 15 is 0 Å². The quantitative estimate of drug-likeness (QED) is 0.811. The standard InChI is InChI=1S/C16H13Cl2F3N4O2/c17-9-1-2-11(18)12(7-9)23-15-22-8-10(13(24-15)16(19,20)21)14(26)25-3-5-27-6-4-25/h1-2,7-8H,3-6H2,(H,22,23,24). The number of hydrogen-bond acceptors (Lipinski definition) is 5. The molecule has 0 unspecified atom stereocenters. The zero-order chi connectivity index (χ0) is 19.6. The van der Waals surface area contributed by atoms with Crippen molar-refractivity contribution < 1.29 is 22.7 Å². The van der Waals surface area contributed by atoms with Crippen molar-refractivity contribution in [3.63, 3.8) is 0 Å². The van der Waals surface area contributed by atoms with E-state index in [2.05, 4.69) is 15.3 Å². The average molecular weight is 421 g/mol. The molecule has 1 fully saturated rings. The average Bonchev–Trinajstić information content (AvgIpc) is 2.64. The lowest BCUT2D eigenvalue weighted by atomic mass is 10.2. The van der Waals surface area contributed by atoms with Crippen LogP contribution in [0.3, 0.4) is 0 Å². The number of carbonyl (C=O) groups is 1. The molecule has 144 valence electrons. The van der Waals surface area contributed by atoms with Gasteiger partial charge in [-0.15, -0.1) is 0 Å². The summed E-state index contributed by atoms with van der Waals surface area (Å²) in [7, 11) is 0. The second-order valence-corrected chi connectivity index (χ2v) is 6.45. The zero-order valence-corrected chi connectivity index (χ0v) is 15.2. The number of rotatable bonds is 3. The smallest absolute Gasteiger partial charge is 0.378 e. The van der Waals surface area contributed by atoms with Gasteiger partial charge in [0.05, 0.1) is 29.5 Å². The minimum Gasteiger partial charge on any atom is -0.378 e. The molecule has 0 radical (unpaired) electrons. The Labute approximate surface area is 162 Å². The molecule has 11 heteroatoms. The van der Waals surface area contributed by atoms with Gasteiger partial charge in [0.1, 0.15) is 0 Å². The Morgan fingerprint density at radius 1 is 1.22 bits per heavy atom. The number of nitrogens with one attached hydrogen (secondary N) is 1. The van der Waals surface area contributed by atoms with Crippen LogP contribution in [-0.2, 0) is 10.9 Å². The minimum atomic E-state index is -4.84. The van der Waals surface area contributed by atoms with Gasteiger partial charge < -0.3 is 15.0 Å². The summed E-state index contributed by atoms with van der Waals surface area (Å²) >= 11 is 11.8. The lowest BCUT2D eigenvalue weighted by Crippen LogP contribution is -2.41. The van der Waals surface area contributed by atoms with Gasteiger partial charge in [0.25, 0.3) is 5.91 Å². The zero-order valence-electron chi connectivity index (χ0n) is 13.7. The van der Waals surface area contributed by atoms with Crippen LogP contribution in [0.1, 0.15) is 16.1 Å².